The number of hydrogen-bond acceptors (Lipinski definition) is 5. The van der Waals surface area contributed by atoms with Crippen LogP contribution in [-0.2, 0) is 32.0 Å². The molecule has 30 heavy (non-hydrogen) atoms. The van der Waals surface area contributed by atoms with Crippen molar-refractivity contribution in [3.8, 4) is 0 Å². The first-order chi connectivity index (χ1) is 14.5. The number of carbonyl (C=O) groups excluding carboxylic acids is 2. The monoisotopic (exact) mass is 412 g/mol. The van der Waals surface area contributed by atoms with Gasteiger partial charge in [-0.15, -0.1) is 0 Å². The van der Waals surface area contributed by atoms with Crippen LogP contribution in [0.4, 0.5) is 5.69 Å². The lowest BCUT2D eigenvalue weighted by Gasteiger charge is -2.21. The molecule has 1 unspecified atom stereocenters. The van der Waals surface area contributed by atoms with Gasteiger partial charge >= 0.3 is 0 Å². The van der Waals surface area contributed by atoms with E-state index in [9.17, 15) is 9.59 Å². The second-order valence-electron chi connectivity index (χ2n) is 7.96. The van der Waals surface area contributed by atoms with Crippen molar-refractivity contribution >= 4 is 17.5 Å². The fraction of sp³-hybridized carbons (Fsp3) is 0.500. The van der Waals surface area contributed by atoms with E-state index in [1.54, 1.807) is 29.9 Å². The van der Waals surface area contributed by atoms with E-state index in [4.69, 9.17) is 9.47 Å². The molecule has 0 radical (unpaired) electrons. The molecule has 3 atom stereocenters. The standard InChI is InChI=1S/C22H28N4O4/c1-14(15-4-5-19-16(10-15)11-20(27)25(19)2)24-22(28)18-6-8-30-21(18)17-12-23-26(13-17)7-9-29-3/h4-5,10,12-14,18,21H,6-9,11H2,1-3H3,(H,24,28)/t14?,18-,21+/m0/s1. The summed E-state index contributed by atoms with van der Waals surface area (Å²) in [5.41, 5.74) is 3.85. The molecule has 2 amide bonds. The molecular weight excluding hydrogens is 384 g/mol. The number of likely N-dealkylation sites (N-methyl/N-ethyl adjacent to an activating group) is 1. The molecule has 2 aliphatic rings. The van der Waals surface area contributed by atoms with Gasteiger partial charge in [0.25, 0.3) is 0 Å². The molecule has 1 aromatic carbocycles. The summed E-state index contributed by atoms with van der Waals surface area (Å²) in [4.78, 5) is 26.6. The average molecular weight is 412 g/mol. The first kappa shape index (κ1) is 20.6. The van der Waals surface area contributed by atoms with E-state index in [1.165, 1.54) is 0 Å². The van der Waals surface area contributed by atoms with E-state index in [-0.39, 0.29) is 29.9 Å². The van der Waals surface area contributed by atoms with Gasteiger partial charge in [-0.25, -0.2) is 0 Å². The van der Waals surface area contributed by atoms with Gasteiger partial charge in [0.15, 0.2) is 0 Å². The normalized spacial score (nSPS) is 21.7. The highest BCUT2D eigenvalue weighted by molar-refractivity contribution is 6.00. The van der Waals surface area contributed by atoms with Gasteiger partial charge in [0.05, 0.1) is 43.8 Å². The van der Waals surface area contributed by atoms with Crippen molar-refractivity contribution in [3.05, 3.63) is 47.3 Å². The van der Waals surface area contributed by atoms with E-state index in [2.05, 4.69) is 10.4 Å². The van der Waals surface area contributed by atoms with Crippen molar-refractivity contribution in [3.63, 3.8) is 0 Å². The molecule has 0 bridgehead atoms. The number of fused-ring (bicyclic) bond motifs is 1. The first-order valence-electron chi connectivity index (χ1n) is 10.3. The zero-order chi connectivity index (χ0) is 21.3. The molecular formula is C22H28N4O4. The molecule has 2 aromatic rings. The van der Waals surface area contributed by atoms with Crippen molar-refractivity contribution < 1.29 is 19.1 Å². The average Bonchev–Trinajstić information content (AvgIpc) is 3.45. The van der Waals surface area contributed by atoms with Crippen molar-refractivity contribution in [2.75, 3.05) is 32.3 Å². The van der Waals surface area contributed by atoms with Gasteiger partial charge in [0.2, 0.25) is 11.8 Å². The lowest BCUT2D eigenvalue weighted by molar-refractivity contribution is -0.127. The fourth-order valence-electron chi connectivity index (χ4n) is 4.18. The number of nitrogens with one attached hydrogen (secondary N) is 1. The van der Waals surface area contributed by atoms with Gasteiger partial charge in [0.1, 0.15) is 0 Å². The second kappa shape index (κ2) is 8.57. The lowest BCUT2D eigenvalue weighted by atomic mass is 9.95. The number of nitrogens with zero attached hydrogens (tertiary/aromatic N) is 3. The Bertz CT molecular complexity index is 941. The van der Waals surface area contributed by atoms with Gasteiger partial charge in [-0.2, -0.15) is 5.10 Å². The highest BCUT2D eigenvalue weighted by Crippen LogP contribution is 2.35. The van der Waals surface area contributed by atoms with Gasteiger partial charge in [-0.3, -0.25) is 14.3 Å². The van der Waals surface area contributed by atoms with Crippen molar-refractivity contribution in [1.29, 1.82) is 0 Å². The molecule has 0 saturated carbocycles. The zero-order valence-electron chi connectivity index (χ0n) is 17.6. The van der Waals surface area contributed by atoms with Crippen LogP contribution >= 0.6 is 0 Å². The molecule has 0 spiro atoms. The second-order valence-corrected chi connectivity index (χ2v) is 7.96. The number of ether oxygens (including phenoxy) is 2. The molecule has 2 aliphatic heterocycles. The Hall–Kier alpha value is -2.71. The number of benzene rings is 1. The van der Waals surface area contributed by atoms with Gasteiger partial charge < -0.3 is 19.7 Å². The van der Waals surface area contributed by atoms with Crippen LogP contribution in [0, 0.1) is 5.92 Å². The summed E-state index contributed by atoms with van der Waals surface area (Å²) < 4.78 is 12.8. The summed E-state index contributed by atoms with van der Waals surface area (Å²) in [6, 6.07) is 5.79. The minimum absolute atomic E-state index is 0.0247. The third kappa shape index (κ3) is 3.97. The molecule has 1 N–H and O–H groups in total. The number of carbonyl (C=O) groups is 2. The maximum absolute atomic E-state index is 13.0. The smallest absolute Gasteiger partial charge is 0.231 e. The third-order valence-corrected chi connectivity index (χ3v) is 5.97. The Balaban J connectivity index is 1.42. The molecule has 160 valence electrons. The summed E-state index contributed by atoms with van der Waals surface area (Å²) >= 11 is 0. The number of methoxy groups -OCH3 is 1. The number of rotatable bonds is 7. The van der Waals surface area contributed by atoms with E-state index in [0.717, 1.165) is 22.4 Å². The van der Waals surface area contributed by atoms with Crippen LogP contribution in [0.15, 0.2) is 30.6 Å². The van der Waals surface area contributed by atoms with E-state index >= 15 is 0 Å². The molecule has 1 fully saturated rings. The van der Waals surface area contributed by atoms with Crippen LogP contribution in [0.25, 0.3) is 0 Å². The fourth-order valence-corrected chi connectivity index (χ4v) is 4.18. The molecule has 8 heteroatoms. The Morgan fingerprint density at radius 3 is 3.07 bits per heavy atom. The molecule has 0 aliphatic carbocycles. The zero-order valence-corrected chi connectivity index (χ0v) is 17.6. The van der Waals surface area contributed by atoms with Crippen LogP contribution in [0.1, 0.15) is 42.2 Å². The summed E-state index contributed by atoms with van der Waals surface area (Å²) in [6.45, 7) is 3.75. The highest BCUT2D eigenvalue weighted by Gasteiger charge is 2.36. The maximum atomic E-state index is 13.0. The first-order valence-corrected chi connectivity index (χ1v) is 10.3. The number of amides is 2. The summed E-state index contributed by atoms with van der Waals surface area (Å²) in [7, 11) is 3.44. The van der Waals surface area contributed by atoms with Gasteiger partial charge in [-0.05, 0) is 30.5 Å². The van der Waals surface area contributed by atoms with E-state index in [0.29, 0.717) is 32.6 Å². The molecule has 1 aromatic heterocycles. The SMILES string of the molecule is COCCn1cc([C@H]2OCC[C@@H]2C(=O)NC(C)c2ccc3c(c2)CC(=O)N3C)cn1. The Labute approximate surface area is 176 Å². The van der Waals surface area contributed by atoms with Crippen molar-refractivity contribution in [2.45, 2.75) is 38.5 Å². The van der Waals surface area contributed by atoms with Crippen LogP contribution < -0.4 is 10.2 Å². The maximum Gasteiger partial charge on any atom is 0.231 e. The van der Waals surface area contributed by atoms with E-state index < -0.39 is 0 Å². The quantitative estimate of drug-likeness (QED) is 0.752. The van der Waals surface area contributed by atoms with Crippen molar-refractivity contribution in [1.82, 2.24) is 15.1 Å². The third-order valence-electron chi connectivity index (χ3n) is 5.97. The topological polar surface area (TPSA) is 85.7 Å². The molecule has 1 saturated heterocycles. The predicted molar refractivity (Wildman–Crippen MR) is 111 cm³/mol. The highest BCUT2D eigenvalue weighted by atomic mass is 16.5. The number of anilines is 1. The minimum atomic E-state index is -0.292. The largest absolute Gasteiger partial charge is 0.383 e. The number of hydrogen-bond donors (Lipinski definition) is 1. The minimum Gasteiger partial charge on any atom is -0.383 e. The Kier molecular flexibility index (Phi) is 5.87. The summed E-state index contributed by atoms with van der Waals surface area (Å²) in [6.07, 6.45) is 4.48. The summed E-state index contributed by atoms with van der Waals surface area (Å²) in [5, 5.41) is 7.47. The van der Waals surface area contributed by atoms with Crippen LogP contribution in [0.3, 0.4) is 0 Å². The van der Waals surface area contributed by atoms with Crippen molar-refractivity contribution in [2.24, 2.45) is 5.92 Å². The molecule has 4 rings (SSSR count). The number of aromatic nitrogens is 2. The van der Waals surface area contributed by atoms with Crippen LogP contribution in [-0.4, -0.2) is 49.0 Å². The Morgan fingerprint density at radius 2 is 2.27 bits per heavy atom. The molecule has 8 nitrogen and oxygen atoms in total. The summed E-state index contributed by atoms with van der Waals surface area (Å²) in [5.74, 6) is -0.186. The molecule has 3 heterocycles. The van der Waals surface area contributed by atoms with Gasteiger partial charge in [-0.1, -0.05) is 12.1 Å². The predicted octanol–water partition coefficient (Wildman–Crippen LogP) is 2.00. The lowest BCUT2D eigenvalue weighted by Crippen LogP contribution is -2.34. The van der Waals surface area contributed by atoms with Crippen LogP contribution in [0.2, 0.25) is 0 Å². The van der Waals surface area contributed by atoms with Gasteiger partial charge in [0, 0.05) is 38.2 Å². The van der Waals surface area contributed by atoms with Crippen LogP contribution in [0.5, 0.6) is 0 Å². The Morgan fingerprint density at radius 1 is 1.43 bits per heavy atom. The van der Waals surface area contributed by atoms with E-state index in [1.807, 2.05) is 31.3 Å².